The van der Waals surface area contributed by atoms with Crippen LogP contribution in [0.4, 0.5) is 0 Å². The Morgan fingerprint density at radius 1 is 1.26 bits per heavy atom. The molecule has 108 valence electrons. The first-order valence-corrected chi connectivity index (χ1v) is 7.57. The number of likely N-dealkylation sites (tertiary alicyclic amines) is 1. The summed E-state index contributed by atoms with van der Waals surface area (Å²) in [6.45, 7) is 5.79. The Morgan fingerprint density at radius 2 is 2.05 bits per heavy atom. The Bertz CT molecular complexity index is 358. The average Bonchev–Trinajstić information content (AvgIpc) is 2.93. The highest BCUT2D eigenvalue weighted by Crippen LogP contribution is 2.22. The lowest BCUT2D eigenvalue weighted by molar-refractivity contribution is 0.176. The highest BCUT2D eigenvalue weighted by atomic mass is 16.3. The molecule has 1 aliphatic rings. The first-order valence-electron chi connectivity index (χ1n) is 7.57. The number of rotatable bonds is 7. The van der Waals surface area contributed by atoms with Crippen molar-refractivity contribution in [3.63, 3.8) is 0 Å². The van der Waals surface area contributed by atoms with Gasteiger partial charge >= 0.3 is 0 Å². The maximum atomic E-state index is 9.01. The van der Waals surface area contributed by atoms with Gasteiger partial charge in [0.15, 0.2) is 0 Å². The van der Waals surface area contributed by atoms with Crippen molar-refractivity contribution >= 4 is 0 Å². The number of piperidine rings is 1. The molecule has 5 heteroatoms. The van der Waals surface area contributed by atoms with E-state index in [2.05, 4.69) is 22.1 Å². The summed E-state index contributed by atoms with van der Waals surface area (Å²) in [6, 6.07) is 0.458. The minimum absolute atomic E-state index is 0.0176. The molecule has 1 fully saturated rings. The van der Waals surface area contributed by atoms with Gasteiger partial charge < -0.3 is 10.0 Å². The van der Waals surface area contributed by atoms with Gasteiger partial charge in [-0.25, -0.2) is 4.68 Å². The topological polar surface area (TPSA) is 54.2 Å². The van der Waals surface area contributed by atoms with Crippen LogP contribution in [-0.2, 0) is 6.61 Å². The minimum Gasteiger partial charge on any atom is -0.390 e. The molecule has 1 aromatic rings. The largest absolute Gasteiger partial charge is 0.390 e. The SMILES string of the molecule is CCCCCCN1CCC(n2cc(CO)nn2)CC1. The van der Waals surface area contributed by atoms with Crippen molar-refractivity contribution in [2.24, 2.45) is 0 Å². The third-order valence-electron chi connectivity index (χ3n) is 3.98. The molecule has 2 rings (SSSR count). The van der Waals surface area contributed by atoms with Crippen LogP contribution < -0.4 is 0 Å². The second-order valence-corrected chi connectivity index (χ2v) is 5.48. The van der Waals surface area contributed by atoms with E-state index in [0.29, 0.717) is 11.7 Å². The van der Waals surface area contributed by atoms with Gasteiger partial charge in [0.2, 0.25) is 0 Å². The third-order valence-corrected chi connectivity index (χ3v) is 3.98. The van der Waals surface area contributed by atoms with Crippen LogP contribution in [0.5, 0.6) is 0 Å². The van der Waals surface area contributed by atoms with Crippen LogP contribution in [0.25, 0.3) is 0 Å². The van der Waals surface area contributed by atoms with Crippen LogP contribution >= 0.6 is 0 Å². The summed E-state index contributed by atoms with van der Waals surface area (Å²) in [5.74, 6) is 0. The summed E-state index contributed by atoms with van der Waals surface area (Å²) in [7, 11) is 0. The maximum absolute atomic E-state index is 9.01. The van der Waals surface area contributed by atoms with Gasteiger partial charge in [-0.2, -0.15) is 0 Å². The summed E-state index contributed by atoms with van der Waals surface area (Å²) in [5.41, 5.74) is 0.669. The maximum Gasteiger partial charge on any atom is 0.108 e. The molecule has 1 aromatic heterocycles. The number of unbranched alkanes of at least 4 members (excludes halogenated alkanes) is 3. The van der Waals surface area contributed by atoms with Crippen LogP contribution in [0.2, 0.25) is 0 Å². The molecule has 0 aliphatic carbocycles. The molecule has 0 unspecified atom stereocenters. The summed E-state index contributed by atoms with van der Waals surface area (Å²) in [4.78, 5) is 2.57. The molecule has 1 saturated heterocycles. The van der Waals surface area contributed by atoms with Crippen molar-refractivity contribution in [2.75, 3.05) is 19.6 Å². The first-order chi connectivity index (χ1) is 9.33. The molecule has 0 radical (unpaired) electrons. The Kier molecular flexibility index (Phi) is 5.79. The highest BCUT2D eigenvalue weighted by Gasteiger charge is 2.21. The van der Waals surface area contributed by atoms with E-state index in [1.165, 1.54) is 32.2 Å². The number of aliphatic hydroxyl groups excluding tert-OH is 1. The van der Waals surface area contributed by atoms with Crippen molar-refractivity contribution in [3.8, 4) is 0 Å². The standard InChI is InChI=1S/C14H26N4O/c1-2-3-4-5-8-17-9-6-14(7-10-17)18-11-13(12-19)15-16-18/h11,14,19H,2-10,12H2,1H3. The summed E-state index contributed by atoms with van der Waals surface area (Å²) in [5, 5.41) is 17.1. The lowest BCUT2D eigenvalue weighted by Crippen LogP contribution is -2.35. The van der Waals surface area contributed by atoms with Gasteiger partial charge in [-0.1, -0.05) is 31.4 Å². The van der Waals surface area contributed by atoms with Gasteiger partial charge in [-0.3, -0.25) is 0 Å². The van der Waals surface area contributed by atoms with Gasteiger partial charge in [-0.05, 0) is 25.8 Å². The fourth-order valence-electron chi connectivity index (χ4n) is 2.73. The second-order valence-electron chi connectivity index (χ2n) is 5.48. The third kappa shape index (κ3) is 4.28. The van der Waals surface area contributed by atoms with Crippen LogP contribution in [0.15, 0.2) is 6.20 Å². The predicted molar refractivity (Wildman–Crippen MR) is 74.8 cm³/mol. The van der Waals surface area contributed by atoms with Gasteiger partial charge in [0, 0.05) is 13.1 Å². The second kappa shape index (κ2) is 7.60. The fraction of sp³-hybridized carbons (Fsp3) is 0.857. The van der Waals surface area contributed by atoms with E-state index in [1.807, 2.05) is 10.9 Å². The molecule has 2 heterocycles. The summed E-state index contributed by atoms with van der Waals surface area (Å²) < 4.78 is 1.93. The Balaban J connectivity index is 1.70. The summed E-state index contributed by atoms with van der Waals surface area (Å²) >= 11 is 0. The lowest BCUT2D eigenvalue weighted by atomic mass is 10.0. The molecular formula is C14H26N4O. The molecule has 19 heavy (non-hydrogen) atoms. The number of nitrogens with zero attached hydrogens (tertiary/aromatic N) is 4. The summed E-state index contributed by atoms with van der Waals surface area (Å²) in [6.07, 6.45) is 9.52. The van der Waals surface area contributed by atoms with E-state index < -0.39 is 0 Å². The van der Waals surface area contributed by atoms with Crippen LogP contribution in [-0.4, -0.2) is 44.6 Å². The zero-order chi connectivity index (χ0) is 13.5. The van der Waals surface area contributed by atoms with E-state index in [4.69, 9.17) is 5.11 Å². The van der Waals surface area contributed by atoms with Gasteiger partial charge in [-0.15, -0.1) is 5.10 Å². The van der Waals surface area contributed by atoms with E-state index in [0.717, 1.165) is 25.9 Å². The minimum atomic E-state index is -0.0176. The van der Waals surface area contributed by atoms with Crippen molar-refractivity contribution in [3.05, 3.63) is 11.9 Å². The lowest BCUT2D eigenvalue weighted by Gasteiger charge is -2.31. The molecule has 0 spiro atoms. The monoisotopic (exact) mass is 266 g/mol. The predicted octanol–water partition coefficient (Wildman–Crippen LogP) is 1.99. The van der Waals surface area contributed by atoms with Gasteiger partial charge in [0.25, 0.3) is 0 Å². The number of hydrogen-bond donors (Lipinski definition) is 1. The molecular weight excluding hydrogens is 240 g/mol. The van der Waals surface area contributed by atoms with Crippen LogP contribution in [0, 0.1) is 0 Å². The average molecular weight is 266 g/mol. The number of hydrogen-bond acceptors (Lipinski definition) is 4. The smallest absolute Gasteiger partial charge is 0.108 e. The van der Waals surface area contributed by atoms with Gasteiger partial charge in [0.1, 0.15) is 5.69 Å². The van der Waals surface area contributed by atoms with E-state index >= 15 is 0 Å². The van der Waals surface area contributed by atoms with Gasteiger partial charge in [0.05, 0.1) is 18.8 Å². The molecule has 0 amide bonds. The van der Waals surface area contributed by atoms with Crippen LogP contribution in [0.3, 0.4) is 0 Å². The molecule has 0 atom stereocenters. The molecule has 5 nitrogen and oxygen atoms in total. The molecule has 0 bridgehead atoms. The normalized spacial score (nSPS) is 18.0. The van der Waals surface area contributed by atoms with Crippen molar-refractivity contribution in [1.29, 1.82) is 0 Å². The molecule has 1 aliphatic heterocycles. The zero-order valence-corrected chi connectivity index (χ0v) is 12.0. The molecule has 0 aromatic carbocycles. The zero-order valence-electron chi connectivity index (χ0n) is 12.0. The van der Waals surface area contributed by atoms with E-state index in [9.17, 15) is 0 Å². The molecule has 0 saturated carbocycles. The highest BCUT2D eigenvalue weighted by molar-refractivity contribution is 4.91. The Hall–Kier alpha value is -0.940. The Labute approximate surface area is 115 Å². The Morgan fingerprint density at radius 3 is 2.68 bits per heavy atom. The van der Waals surface area contributed by atoms with Crippen molar-refractivity contribution in [1.82, 2.24) is 19.9 Å². The van der Waals surface area contributed by atoms with Crippen molar-refractivity contribution in [2.45, 2.75) is 58.1 Å². The number of aliphatic hydroxyl groups is 1. The molecule has 1 N–H and O–H groups in total. The van der Waals surface area contributed by atoms with E-state index in [-0.39, 0.29) is 6.61 Å². The van der Waals surface area contributed by atoms with E-state index in [1.54, 1.807) is 0 Å². The quantitative estimate of drug-likeness (QED) is 0.767. The first kappa shape index (κ1) is 14.5. The van der Waals surface area contributed by atoms with Crippen molar-refractivity contribution < 1.29 is 5.11 Å². The number of aromatic nitrogens is 3. The fourth-order valence-corrected chi connectivity index (χ4v) is 2.73. The van der Waals surface area contributed by atoms with Crippen LogP contribution in [0.1, 0.15) is 57.2 Å².